The Morgan fingerprint density at radius 2 is 1.72 bits per heavy atom. The van der Waals surface area contributed by atoms with Gasteiger partial charge in [0.2, 0.25) is 0 Å². The van der Waals surface area contributed by atoms with E-state index in [-0.39, 0.29) is 24.6 Å². The highest BCUT2D eigenvalue weighted by atomic mass is 32.1. The number of aromatic nitrogens is 1. The minimum absolute atomic E-state index is 0.0284. The number of carbonyl (C=O) groups is 2. The standard InChI is InChI=1S/C24H22N2O5S/c1-15-20(16-8-5-4-6-9-16)25-22(32-15)17-10-7-11-18(12-17)26-14-31-13-19(23(27)29-2)21(26)24(28)30-3/h4-12H,13-14H2,1-3H3. The highest BCUT2D eigenvalue weighted by molar-refractivity contribution is 7.15. The van der Waals surface area contributed by atoms with Crippen LogP contribution in [0.15, 0.2) is 65.9 Å². The predicted molar refractivity (Wildman–Crippen MR) is 122 cm³/mol. The van der Waals surface area contributed by atoms with Crippen molar-refractivity contribution in [3.05, 3.63) is 70.7 Å². The van der Waals surface area contributed by atoms with Crippen molar-refractivity contribution in [2.75, 3.05) is 32.5 Å². The number of rotatable bonds is 5. The molecule has 0 spiro atoms. The number of carbonyl (C=O) groups excluding carboxylic acids is 2. The van der Waals surface area contributed by atoms with Crippen molar-refractivity contribution < 1.29 is 23.8 Å². The van der Waals surface area contributed by atoms with Gasteiger partial charge in [0.1, 0.15) is 17.4 Å². The lowest BCUT2D eigenvalue weighted by Crippen LogP contribution is -2.38. The molecule has 0 unspecified atom stereocenters. The summed E-state index contributed by atoms with van der Waals surface area (Å²) in [5.41, 5.74) is 3.81. The molecule has 2 aromatic carbocycles. The summed E-state index contributed by atoms with van der Waals surface area (Å²) >= 11 is 1.60. The minimum Gasteiger partial charge on any atom is -0.466 e. The number of ether oxygens (including phenoxy) is 3. The smallest absolute Gasteiger partial charge is 0.355 e. The summed E-state index contributed by atoms with van der Waals surface area (Å²) in [7, 11) is 2.54. The number of hydrogen-bond donors (Lipinski definition) is 0. The molecule has 2 heterocycles. The number of methoxy groups -OCH3 is 2. The minimum atomic E-state index is -0.630. The molecule has 0 atom stereocenters. The number of anilines is 1. The van der Waals surface area contributed by atoms with E-state index in [1.54, 1.807) is 16.2 Å². The Morgan fingerprint density at radius 1 is 1.00 bits per heavy atom. The van der Waals surface area contributed by atoms with Crippen LogP contribution in [0.2, 0.25) is 0 Å². The van der Waals surface area contributed by atoms with Crippen LogP contribution in [0.1, 0.15) is 4.88 Å². The highest BCUT2D eigenvalue weighted by Crippen LogP contribution is 2.35. The molecular formula is C24H22N2O5S. The fraction of sp³-hybridized carbons (Fsp3) is 0.208. The van der Waals surface area contributed by atoms with Crippen LogP contribution in [-0.2, 0) is 23.8 Å². The molecule has 7 nitrogen and oxygen atoms in total. The Hall–Kier alpha value is -3.49. The molecular weight excluding hydrogens is 428 g/mol. The maximum atomic E-state index is 12.5. The highest BCUT2D eigenvalue weighted by Gasteiger charge is 2.32. The zero-order valence-corrected chi connectivity index (χ0v) is 18.8. The summed E-state index contributed by atoms with van der Waals surface area (Å²) in [4.78, 5) is 32.4. The molecule has 0 aliphatic carbocycles. The average Bonchev–Trinajstić information content (AvgIpc) is 3.24. The monoisotopic (exact) mass is 450 g/mol. The van der Waals surface area contributed by atoms with E-state index in [9.17, 15) is 9.59 Å². The van der Waals surface area contributed by atoms with Crippen LogP contribution in [0.3, 0.4) is 0 Å². The molecule has 1 aliphatic rings. The average molecular weight is 451 g/mol. The van der Waals surface area contributed by atoms with Gasteiger partial charge in [-0.2, -0.15) is 0 Å². The van der Waals surface area contributed by atoms with Crippen molar-refractivity contribution in [3.8, 4) is 21.8 Å². The number of thiazole rings is 1. The lowest BCUT2D eigenvalue weighted by atomic mass is 10.1. The van der Waals surface area contributed by atoms with Crippen molar-refractivity contribution in [1.29, 1.82) is 0 Å². The second-order valence-corrected chi connectivity index (χ2v) is 8.26. The number of hydrogen-bond acceptors (Lipinski definition) is 8. The van der Waals surface area contributed by atoms with Crippen LogP contribution in [0.25, 0.3) is 21.8 Å². The molecule has 32 heavy (non-hydrogen) atoms. The van der Waals surface area contributed by atoms with E-state index in [0.29, 0.717) is 5.69 Å². The molecule has 0 N–H and O–H groups in total. The van der Waals surface area contributed by atoms with Crippen LogP contribution >= 0.6 is 11.3 Å². The molecule has 3 aromatic rings. The fourth-order valence-corrected chi connectivity index (χ4v) is 4.47. The van der Waals surface area contributed by atoms with Crippen LogP contribution in [-0.4, -0.2) is 44.5 Å². The summed E-state index contributed by atoms with van der Waals surface area (Å²) in [5, 5.41) is 0.859. The fourth-order valence-electron chi connectivity index (χ4n) is 3.54. The first-order valence-corrected chi connectivity index (χ1v) is 10.7. The van der Waals surface area contributed by atoms with Gasteiger partial charge in [-0.05, 0) is 19.1 Å². The lowest BCUT2D eigenvalue weighted by molar-refractivity contribution is -0.140. The Bertz CT molecular complexity index is 1190. The molecule has 1 aromatic heterocycles. The summed E-state index contributed by atoms with van der Waals surface area (Å²) in [6, 6.07) is 17.6. The number of aryl methyl sites for hydroxylation is 1. The van der Waals surface area contributed by atoms with Gasteiger partial charge in [-0.25, -0.2) is 14.6 Å². The second kappa shape index (κ2) is 9.33. The normalized spacial score (nSPS) is 13.8. The summed E-state index contributed by atoms with van der Waals surface area (Å²) < 4.78 is 15.3. The van der Waals surface area contributed by atoms with Crippen LogP contribution in [0, 0.1) is 6.92 Å². The van der Waals surface area contributed by atoms with Gasteiger partial charge in [0.05, 0.1) is 32.1 Å². The van der Waals surface area contributed by atoms with E-state index in [0.717, 1.165) is 26.7 Å². The number of nitrogens with zero attached hydrogens (tertiary/aromatic N) is 2. The van der Waals surface area contributed by atoms with Gasteiger partial charge in [0.15, 0.2) is 0 Å². The van der Waals surface area contributed by atoms with Crippen LogP contribution in [0.4, 0.5) is 5.69 Å². The molecule has 164 valence electrons. The maximum absolute atomic E-state index is 12.5. The van der Waals surface area contributed by atoms with Crippen molar-refractivity contribution >= 4 is 29.0 Å². The van der Waals surface area contributed by atoms with E-state index in [4.69, 9.17) is 19.2 Å². The van der Waals surface area contributed by atoms with Gasteiger partial charge in [0, 0.05) is 21.7 Å². The SMILES string of the molecule is COC(=O)C1=C(C(=O)OC)N(c2cccc(-c3nc(-c4ccccc4)c(C)s3)c2)COC1. The molecule has 0 radical (unpaired) electrons. The van der Waals surface area contributed by atoms with Gasteiger partial charge < -0.3 is 19.1 Å². The number of benzene rings is 2. The Balaban J connectivity index is 1.75. The molecule has 0 bridgehead atoms. The molecule has 0 amide bonds. The summed E-state index contributed by atoms with van der Waals surface area (Å²) in [5.74, 6) is -1.26. The first-order valence-electron chi connectivity index (χ1n) is 9.91. The quantitative estimate of drug-likeness (QED) is 0.540. The van der Waals surface area contributed by atoms with Gasteiger partial charge in [0.25, 0.3) is 0 Å². The zero-order chi connectivity index (χ0) is 22.7. The van der Waals surface area contributed by atoms with Crippen molar-refractivity contribution in [2.45, 2.75) is 6.92 Å². The van der Waals surface area contributed by atoms with E-state index in [2.05, 4.69) is 0 Å². The third-order valence-electron chi connectivity index (χ3n) is 5.08. The van der Waals surface area contributed by atoms with Gasteiger partial charge in [-0.3, -0.25) is 0 Å². The molecule has 0 saturated heterocycles. The first-order chi connectivity index (χ1) is 15.5. The molecule has 0 fully saturated rings. The topological polar surface area (TPSA) is 78.0 Å². The maximum Gasteiger partial charge on any atom is 0.355 e. The number of esters is 2. The van der Waals surface area contributed by atoms with Crippen molar-refractivity contribution in [1.82, 2.24) is 4.98 Å². The van der Waals surface area contributed by atoms with E-state index >= 15 is 0 Å². The van der Waals surface area contributed by atoms with Gasteiger partial charge in [-0.1, -0.05) is 42.5 Å². The Morgan fingerprint density at radius 3 is 2.44 bits per heavy atom. The van der Waals surface area contributed by atoms with E-state index < -0.39 is 11.9 Å². The summed E-state index contributed by atoms with van der Waals surface area (Å²) in [6.45, 7) is 2.12. The van der Waals surface area contributed by atoms with Crippen LogP contribution < -0.4 is 4.90 Å². The first kappa shape index (κ1) is 21.7. The zero-order valence-electron chi connectivity index (χ0n) is 18.0. The van der Waals surface area contributed by atoms with Crippen LogP contribution in [0.5, 0.6) is 0 Å². The molecule has 1 aliphatic heterocycles. The second-order valence-electron chi connectivity index (χ2n) is 7.06. The Kier molecular flexibility index (Phi) is 6.34. The predicted octanol–water partition coefficient (Wildman–Crippen LogP) is 4.18. The van der Waals surface area contributed by atoms with Gasteiger partial charge in [-0.15, -0.1) is 11.3 Å². The van der Waals surface area contributed by atoms with Crippen molar-refractivity contribution in [2.24, 2.45) is 0 Å². The van der Waals surface area contributed by atoms with E-state index in [1.165, 1.54) is 14.2 Å². The summed E-state index contributed by atoms with van der Waals surface area (Å²) in [6.07, 6.45) is 0. The lowest BCUT2D eigenvalue weighted by Gasteiger charge is -2.31. The Labute approximate surface area is 189 Å². The third kappa shape index (κ3) is 4.15. The third-order valence-corrected chi connectivity index (χ3v) is 6.10. The molecule has 0 saturated carbocycles. The largest absolute Gasteiger partial charge is 0.466 e. The molecule has 8 heteroatoms. The van der Waals surface area contributed by atoms with Crippen molar-refractivity contribution in [3.63, 3.8) is 0 Å². The van der Waals surface area contributed by atoms with E-state index in [1.807, 2.05) is 61.5 Å². The van der Waals surface area contributed by atoms with Gasteiger partial charge >= 0.3 is 11.9 Å². The molecule has 4 rings (SSSR count).